The molecule has 3 N–H and O–H groups in total. The number of carbonyl (C=O) groups excluding carboxylic acids is 2. The van der Waals surface area contributed by atoms with E-state index < -0.39 is 6.04 Å². The number of rotatable bonds is 6. The van der Waals surface area contributed by atoms with Gasteiger partial charge in [0.25, 0.3) is 0 Å². The second kappa shape index (κ2) is 8.83. The van der Waals surface area contributed by atoms with E-state index in [4.69, 9.17) is 5.73 Å². The number of nitrogens with zero attached hydrogens (tertiary/aromatic N) is 1. The Bertz CT molecular complexity index is 537. The van der Waals surface area contributed by atoms with Crippen LogP contribution in [0.5, 0.6) is 0 Å². The number of carbonyl (C=O) groups is 2. The Kier molecular flexibility index (Phi) is 6.79. The standard InChI is InChI=1S/C19H29N3O2/c1-22(2)19(24)17(12-14-6-4-3-5-7-14)21-18(23)16-10-8-15(13-20)9-11-16/h3-7,15-17H,8-13,20H2,1-2H3,(H,21,23)/t15?,16?,17-/m0/s1. The molecule has 0 radical (unpaired) electrons. The van der Waals surface area contributed by atoms with E-state index >= 15 is 0 Å². The molecule has 1 aliphatic rings. The fraction of sp³-hybridized carbons (Fsp3) is 0.579. The van der Waals surface area contributed by atoms with Gasteiger partial charge in [-0.1, -0.05) is 30.3 Å². The molecular formula is C19H29N3O2. The molecule has 0 bridgehead atoms. The Morgan fingerprint density at radius 3 is 2.33 bits per heavy atom. The lowest BCUT2D eigenvalue weighted by Gasteiger charge is -2.29. The highest BCUT2D eigenvalue weighted by molar-refractivity contribution is 5.88. The average Bonchev–Trinajstić information content (AvgIpc) is 2.61. The molecule has 0 unspecified atom stereocenters. The van der Waals surface area contributed by atoms with Gasteiger partial charge in [0, 0.05) is 26.4 Å². The summed E-state index contributed by atoms with van der Waals surface area (Å²) in [6.07, 6.45) is 4.24. The highest BCUT2D eigenvalue weighted by Crippen LogP contribution is 2.28. The molecule has 0 heterocycles. The van der Waals surface area contributed by atoms with Crippen LogP contribution in [0.3, 0.4) is 0 Å². The lowest BCUT2D eigenvalue weighted by atomic mass is 9.81. The molecule has 24 heavy (non-hydrogen) atoms. The fourth-order valence-corrected chi connectivity index (χ4v) is 3.31. The van der Waals surface area contributed by atoms with E-state index in [1.807, 2.05) is 30.3 Å². The summed E-state index contributed by atoms with van der Waals surface area (Å²) in [5, 5.41) is 2.99. The Morgan fingerprint density at radius 2 is 1.79 bits per heavy atom. The van der Waals surface area contributed by atoms with Crippen molar-refractivity contribution in [3.8, 4) is 0 Å². The van der Waals surface area contributed by atoms with E-state index in [0.717, 1.165) is 31.2 Å². The average molecular weight is 331 g/mol. The zero-order valence-corrected chi connectivity index (χ0v) is 14.7. The van der Waals surface area contributed by atoms with Crippen molar-refractivity contribution in [2.75, 3.05) is 20.6 Å². The Labute approximate surface area is 144 Å². The zero-order valence-electron chi connectivity index (χ0n) is 14.7. The highest BCUT2D eigenvalue weighted by Gasteiger charge is 2.29. The van der Waals surface area contributed by atoms with Crippen LogP contribution < -0.4 is 11.1 Å². The molecule has 0 aliphatic heterocycles. The monoisotopic (exact) mass is 331 g/mol. The summed E-state index contributed by atoms with van der Waals surface area (Å²) >= 11 is 0. The number of benzene rings is 1. The van der Waals surface area contributed by atoms with Crippen LogP contribution in [0.25, 0.3) is 0 Å². The molecule has 2 rings (SSSR count). The quantitative estimate of drug-likeness (QED) is 0.831. The molecule has 0 spiro atoms. The van der Waals surface area contributed by atoms with Crippen molar-refractivity contribution in [2.45, 2.75) is 38.1 Å². The van der Waals surface area contributed by atoms with Gasteiger partial charge < -0.3 is 16.0 Å². The summed E-state index contributed by atoms with van der Waals surface area (Å²) < 4.78 is 0. The van der Waals surface area contributed by atoms with Crippen molar-refractivity contribution in [2.24, 2.45) is 17.6 Å². The van der Waals surface area contributed by atoms with Crippen LogP contribution in [0, 0.1) is 11.8 Å². The van der Waals surface area contributed by atoms with Gasteiger partial charge in [-0.25, -0.2) is 0 Å². The molecule has 1 aromatic carbocycles. The molecule has 0 saturated heterocycles. The van der Waals surface area contributed by atoms with Gasteiger partial charge in [-0.2, -0.15) is 0 Å². The lowest BCUT2D eigenvalue weighted by molar-refractivity contribution is -0.136. The van der Waals surface area contributed by atoms with Crippen LogP contribution in [0.2, 0.25) is 0 Å². The zero-order chi connectivity index (χ0) is 17.5. The summed E-state index contributed by atoms with van der Waals surface area (Å²) in [5.74, 6) is 0.475. The molecule has 132 valence electrons. The minimum absolute atomic E-state index is 0.000959. The van der Waals surface area contributed by atoms with Crippen LogP contribution in [0.1, 0.15) is 31.2 Å². The molecule has 0 aromatic heterocycles. The van der Waals surface area contributed by atoms with E-state index in [-0.39, 0.29) is 17.7 Å². The maximum Gasteiger partial charge on any atom is 0.244 e. The molecule has 1 atom stereocenters. The van der Waals surface area contributed by atoms with Gasteiger partial charge in [-0.3, -0.25) is 9.59 Å². The van der Waals surface area contributed by atoms with Crippen LogP contribution in [-0.4, -0.2) is 43.4 Å². The van der Waals surface area contributed by atoms with Gasteiger partial charge in [0.2, 0.25) is 11.8 Å². The minimum Gasteiger partial charge on any atom is -0.347 e. The van der Waals surface area contributed by atoms with E-state index in [9.17, 15) is 9.59 Å². The summed E-state index contributed by atoms with van der Waals surface area (Å²) in [5.41, 5.74) is 6.76. The van der Waals surface area contributed by atoms with Crippen LogP contribution in [0.4, 0.5) is 0 Å². The molecule has 2 amide bonds. The fourth-order valence-electron chi connectivity index (χ4n) is 3.31. The van der Waals surface area contributed by atoms with E-state index in [1.165, 1.54) is 0 Å². The summed E-state index contributed by atoms with van der Waals surface area (Å²) in [4.78, 5) is 26.6. The van der Waals surface area contributed by atoms with E-state index in [1.54, 1.807) is 19.0 Å². The smallest absolute Gasteiger partial charge is 0.244 e. The Balaban J connectivity index is 1.99. The molecular weight excluding hydrogens is 302 g/mol. The van der Waals surface area contributed by atoms with Gasteiger partial charge in [0.05, 0.1) is 0 Å². The molecule has 5 nitrogen and oxygen atoms in total. The minimum atomic E-state index is -0.512. The number of amides is 2. The first-order valence-electron chi connectivity index (χ1n) is 8.76. The molecule has 1 fully saturated rings. The summed E-state index contributed by atoms with van der Waals surface area (Å²) in [7, 11) is 3.44. The first-order valence-corrected chi connectivity index (χ1v) is 8.76. The Morgan fingerprint density at radius 1 is 1.17 bits per heavy atom. The predicted octanol–water partition coefficient (Wildman–Crippen LogP) is 1.57. The van der Waals surface area contributed by atoms with Crippen LogP contribution in [-0.2, 0) is 16.0 Å². The van der Waals surface area contributed by atoms with Gasteiger partial charge >= 0.3 is 0 Å². The number of hydrogen-bond donors (Lipinski definition) is 2. The maximum atomic E-state index is 12.6. The van der Waals surface area contributed by atoms with Crippen molar-refractivity contribution in [3.05, 3.63) is 35.9 Å². The van der Waals surface area contributed by atoms with Gasteiger partial charge in [0.15, 0.2) is 0 Å². The van der Waals surface area contributed by atoms with E-state index in [2.05, 4.69) is 5.32 Å². The topological polar surface area (TPSA) is 75.4 Å². The number of likely N-dealkylation sites (N-methyl/N-ethyl adjacent to an activating group) is 1. The molecule has 5 heteroatoms. The van der Waals surface area contributed by atoms with Crippen LogP contribution >= 0.6 is 0 Å². The van der Waals surface area contributed by atoms with Crippen molar-refractivity contribution >= 4 is 11.8 Å². The van der Waals surface area contributed by atoms with Crippen molar-refractivity contribution in [3.63, 3.8) is 0 Å². The molecule has 1 aliphatic carbocycles. The van der Waals surface area contributed by atoms with E-state index in [0.29, 0.717) is 18.9 Å². The predicted molar refractivity (Wildman–Crippen MR) is 95.3 cm³/mol. The van der Waals surface area contributed by atoms with Gasteiger partial charge in [-0.05, 0) is 43.7 Å². The third-order valence-corrected chi connectivity index (χ3v) is 4.89. The normalized spacial score (nSPS) is 21.8. The lowest BCUT2D eigenvalue weighted by Crippen LogP contribution is -2.49. The number of nitrogens with one attached hydrogen (secondary N) is 1. The summed E-state index contributed by atoms with van der Waals surface area (Å²) in [6.45, 7) is 0.698. The molecule has 1 saturated carbocycles. The van der Waals surface area contributed by atoms with Gasteiger partial charge in [-0.15, -0.1) is 0 Å². The first kappa shape index (κ1) is 18.5. The maximum absolute atomic E-state index is 12.6. The van der Waals surface area contributed by atoms with Crippen molar-refractivity contribution in [1.82, 2.24) is 10.2 Å². The van der Waals surface area contributed by atoms with Crippen LogP contribution in [0.15, 0.2) is 30.3 Å². The largest absolute Gasteiger partial charge is 0.347 e. The SMILES string of the molecule is CN(C)C(=O)[C@H](Cc1ccccc1)NC(=O)C1CCC(CN)CC1. The third-order valence-electron chi connectivity index (χ3n) is 4.89. The van der Waals surface area contributed by atoms with Crippen molar-refractivity contribution in [1.29, 1.82) is 0 Å². The highest BCUT2D eigenvalue weighted by atomic mass is 16.2. The third kappa shape index (κ3) is 5.06. The number of hydrogen-bond acceptors (Lipinski definition) is 3. The summed E-state index contributed by atoms with van der Waals surface area (Å²) in [6, 6.07) is 9.29. The van der Waals surface area contributed by atoms with Gasteiger partial charge in [0.1, 0.15) is 6.04 Å². The Hall–Kier alpha value is -1.88. The molecule has 1 aromatic rings. The van der Waals surface area contributed by atoms with Crippen molar-refractivity contribution < 1.29 is 9.59 Å². The second-order valence-electron chi connectivity index (χ2n) is 6.94. The number of nitrogens with two attached hydrogens (primary N) is 1. The first-order chi connectivity index (χ1) is 11.5. The second-order valence-corrected chi connectivity index (χ2v) is 6.94.